The van der Waals surface area contributed by atoms with Crippen LogP contribution in [0.2, 0.25) is 0 Å². The summed E-state index contributed by atoms with van der Waals surface area (Å²) in [6, 6.07) is 8.41. The Balaban J connectivity index is 2.57. The molecule has 0 radical (unpaired) electrons. The van der Waals surface area contributed by atoms with Crippen LogP contribution in [0.5, 0.6) is 0 Å². The molecule has 0 unspecified atom stereocenters. The van der Waals surface area contributed by atoms with Crippen LogP contribution in [0.15, 0.2) is 30.6 Å². The lowest BCUT2D eigenvalue weighted by Gasteiger charge is -2.27. The Labute approximate surface area is 126 Å². The smallest absolute Gasteiger partial charge is 0.148 e. The van der Waals surface area contributed by atoms with E-state index in [2.05, 4.69) is 72.3 Å². The highest BCUT2D eigenvalue weighted by Gasteiger charge is 2.19. The van der Waals surface area contributed by atoms with Crippen molar-refractivity contribution in [2.24, 2.45) is 5.84 Å². The maximum Gasteiger partial charge on any atom is 0.148 e. The van der Waals surface area contributed by atoms with Crippen molar-refractivity contribution in [1.82, 2.24) is 9.97 Å². The summed E-state index contributed by atoms with van der Waals surface area (Å²) < 4.78 is 0. The van der Waals surface area contributed by atoms with E-state index in [0.29, 0.717) is 5.82 Å². The van der Waals surface area contributed by atoms with Gasteiger partial charge in [-0.1, -0.05) is 26.0 Å². The Morgan fingerprint density at radius 1 is 1.29 bits per heavy atom. The number of nitrogens with zero attached hydrogens (tertiary/aromatic N) is 3. The molecule has 0 aliphatic rings. The average Bonchev–Trinajstić information content (AvgIpc) is 2.47. The molecule has 3 N–H and O–H groups in total. The summed E-state index contributed by atoms with van der Waals surface area (Å²) in [5.74, 6) is 7.46. The first-order chi connectivity index (χ1) is 10.1. The zero-order valence-corrected chi connectivity index (χ0v) is 13.1. The summed E-state index contributed by atoms with van der Waals surface area (Å²) in [4.78, 5) is 10.9. The molecule has 112 valence electrons. The van der Waals surface area contributed by atoms with Gasteiger partial charge in [-0.2, -0.15) is 0 Å². The van der Waals surface area contributed by atoms with Crippen LogP contribution in [0.1, 0.15) is 37.8 Å². The predicted molar refractivity (Wildman–Crippen MR) is 87.8 cm³/mol. The number of nitrogen functional groups attached to an aromatic ring is 1. The topological polar surface area (TPSA) is 67.1 Å². The van der Waals surface area contributed by atoms with E-state index in [0.717, 1.165) is 23.6 Å². The lowest BCUT2D eigenvalue weighted by molar-refractivity contribution is 0.830. The van der Waals surface area contributed by atoms with Gasteiger partial charge in [0.05, 0.1) is 0 Å². The summed E-state index contributed by atoms with van der Waals surface area (Å²) in [5, 5.41) is 0. The van der Waals surface area contributed by atoms with Crippen molar-refractivity contribution in [3.63, 3.8) is 0 Å². The molecule has 1 heterocycles. The molecule has 1 aromatic heterocycles. The SMILES string of the molecule is CCN(c1cccc(C)c1)c1ncnc(NN)c1C(C)C. The van der Waals surface area contributed by atoms with Gasteiger partial charge in [-0.15, -0.1) is 0 Å². The molecule has 0 spiro atoms. The molecule has 2 rings (SSSR count). The van der Waals surface area contributed by atoms with Gasteiger partial charge in [-0.3, -0.25) is 0 Å². The molecule has 1 aromatic carbocycles. The van der Waals surface area contributed by atoms with E-state index < -0.39 is 0 Å². The maximum absolute atomic E-state index is 5.60. The van der Waals surface area contributed by atoms with Crippen LogP contribution < -0.4 is 16.2 Å². The molecule has 2 aromatic rings. The quantitative estimate of drug-likeness (QED) is 0.651. The highest BCUT2D eigenvalue weighted by atomic mass is 15.3. The minimum Gasteiger partial charge on any atom is -0.326 e. The van der Waals surface area contributed by atoms with Crippen LogP contribution in [0, 0.1) is 6.92 Å². The van der Waals surface area contributed by atoms with Crippen LogP contribution in [0.25, 0.3) is 0 Å². The molecule has 21 heavy (non-hydrogen) atoms. The van der Waals surface area contributed by atoms with E-state index in [1.807, 2.05) is 0 Å². The Kier molecular flexibility index (Phi) is 4.75. The molecule has 0 saturated carbocycles. The third-order valence-electron chi connectivity index (χ3n) is 3.46. The fraction of sp³-hybridized carbons (Fsp3) is 0.375. The molecular formula is C16H23N5. The summed E-state index contributed by atoms with van der Waals surface area (Å²) in [5.41, 5.74) is 6.06. The van der Waals surface area contributed by atoms with E-state index in [1.54, 1.807) is 6.33 Å². The van der Waals surface area contributed by atoms with E-state index in [9.17, 15) is 0 Å². The van der Waals surface area contributed by atoms with Crippen LogP contribution in [-0.2, 0) is 0 Å². The first kappa shape index (κ1) is 15.3. The van der Waals surface area contributed by atoms with Gasteiger partial charge in [0.15, 0.2) is 0 Å². The highest BCUT2D eigenvalue weighted by molar-refractivity contribution is 5.68. The van der Waals surface area contributed by atoms with Crippen molar-refractivity contribution in [3.05, 3.63) is 41.7 Å². The largest absolute Gasteiger partial charge is 0.326 e. The number of aromatic nitrogens is 2. The van der Waals surface area contributed by atoms with Gasteiger partial charge < -0.3 is 10.3 Å². The van der Waals surface area contributed by atoms with E-state index in [1.165, 1.54) is 5.56 Å². The van der Waals surface area contributed by atoms with Crippen molar-refractivity contribution in [1.29, 1.82) is 0 Å². The molecule has 0 bridgehead atoms. The number of nitrogens with two attached hydrogens (primary N) is 1. The van der Waals surface area contributed by atoms with Crippen molar-refractivity contribution < 1.29 is 0 Å². The number of rotatable bonds is 5. The maximum atomic E-state index is 5.60. The number of anilines is 3. The normalized spacial score (nSPS) is 10.8. The minimum atomic E-state index is 0.270. The van der Waals surface area contributed by atoms with Crippen molar-refractivity contribution in [2.75, 3.05) is 16.9 Å². The van der Waals surface area contributed by atoms with Crippen LogP contribution in [0.3, 0.4) is 0 Å². The molecular weight excluding hydrogens is 262 g/mol. The van der Waals surface area contributed by atoms with Gasteiger partial charge in [0.25, 0.3) is 0 Å². The van der Waals surface area contributed by atoms with Crippen LogP contribution >= 0.6 is 0 Å². The number of hydrogen-bond acceptors (Lipinski definition) is 5. The third kappa shape index (κ3) is 3.13. The fourth-order valence-electron chi connectivity index (χ4n) is 2.50. The zero-order chi connectivity index (χ0) is 15.4. The van der Waals surface area contributed by atoms with Gasteiger partial charge in [-0.05, 0) is 37.5 Å². The minimum absolute atomic E-state index is 0.270. The highest BCUT2D eigenvalue weighted by Crippen LogP contribution is 2.34. The van der Waals surface area contributed by atoms with Crippen molar-refractivity contribution >= 4 is 17.3 Å². The molecule has 0 amide bonds. The molecule has 0 saturated heterocycles. The Morgan fingerprint density at radius 3 is 2.62 bits per heavy atom. The fourth-order valence-corrected chi connectivity index (χ4v) is 2.50. The number of nitrogens with one attached hydrogen (secondary N) is 1. The van der Waals surface area contributed by atoms with E-state index >= 15 is 0 Å². The number of hydrogen-bond donors (Lipinski definition) is 2. The molecule has 0 fully saturated rings. The molecule has 5 nitrogen and oxygen atoms in total. The van der Waals surface area contributed by atoms with Crippen LogP contribution in [-0.4, -0.2) is 16.5 Å². The molecule has 0 atom stereocenters. The summed E-state index contributed by atoms with van der Waals surface area (Å²) >= 11 is 0. The second kappa shape index (κ2) is 6.54. The zero-order valence-electron chi connectivity index (χ0n) is 13.1. The summed E-state index contributed by atoms with van der Waals surface area (Å²) in [7, 11) is 0. The Bertz CT molecular complexity index is 609. The average molecular weight is 285 g/mol. The first-order valence-corrected chi connectivity index (χ1v) is 7.24. The van der Waals surface area contributed by atoms with Crippen LogP contribution in [0.4, 0.5) is 17.3 Å². The number of hydrazine groups is 1. The Morgan fingerprint density at radius 2 is 2.05 bits per heavy atom. The number of benzene rings is 1. The first-order valence-electron chi connectivity index (χ1n) is 7.24. The summed E-state index contributed by atoms with van der Waals surface area (Å²) in [6.07, 6.45) is 1.55. The van der Waals surface area contributed by atoms with E-state index in [4.69, 9.17) is 5.84 Å². The van der Waals surface area contributed by atoms with Gasteiger partial charge in [0.1, 0.15) is 18.0 Å². The number of aryl methyl sites for hydroxylation is 1. The molecule has 5 heteroatoms. The second-order valence-corrected chi connectivity index (χ2v) is 5.34. The van der Waals surface area contributed by atoms with Gasteiger partial charge in [0.2, 0.25) is 0 Å². The van der Waals surface area contributed by atoms with Gasteiger partial charge in [0, 0.05) is 17.8 Å². The molecule has 0 aliphatic carbocycles. The van der Waals surface area contributed by atoms with Crippen molar-refractivity contribution in [3.8, 4) is 0 Å². The van der Waals surface area contributed by atoms with E-state index in [-0.39, 0.29) is 5.92 Å². The van der Waals surface area contributed by atoms with Gasteiger partial charge in [-0.25, -0.2) is 15.8 Å². The lowest BCUT2D eigenvalue weighted by atomic mass is 10.0. The second-order valence-electron chi connectivity index (χ2n) is 5.34. The standard InChI is InChI=1S/C16H23N5/c1-5-21(13-8-6-7-12(4)9-13)16-14(11(2)3)15(20-17)18-10-19-16/h6-11H,5,17H2,1-4H3,(H,18,19,20). The Hall–Kier alpha value is -2.14. The van der Waals surface area contributed by atoms with Crippen molar-refractivity contribution in [2.45, 2.75) is 33.6 Å². The van der Waals surface area contributed by atoms with Gasteiger partial charge >= 0.3 is 0 Å². The predicted octanol–water partition coefficient (Wildman–Crippen LogP) is 3.35. The monoisotopic (exact) mass is 285 g/mol. The third-order valence-corrected chi connectivity index (χ3v) is 3.46. The molecule has 0 aliphatic heterocycles. The lowest BCUT2D eigenvalue weighted by Crippen LogP contribution is -2.22. The summed E-state index contributed by atoms with van der Waals surface area (Å²) in [6.45, 7) is 9.27.